The zero-order valence-corrected chi connectivity index (χ0v) is 12.6. The van der Waals surface area contributed by atoms with Gasteiger partial charge in [0.05, 0.1) is 5.54 Å². The first-order chi connectivity index (χ1) is 10.6. The van der Waals surface area contributed by atoms with E-state index in [1.165, 1.54) is 11.8 Å². The van der Waals surface area contributed by atoms with Crippen LogP contribution in [0.25, 0.3) is 0 Å². The number of rotatable bonds is 2. The number of carbonyl (C=O) groups is 1. The van der Waals surface area contributed by atoms with Crippen molar-refractivity contribution in [3.05, 3.63) is 29.8 Å². The van der Waals surface area contributed by atoms with Crippen molar-refractivity contribution in [2.24, 2.45) is 16.0 Å². The minimum Gasteiger partial charge on any atom is -0.530 e. The molecule has 1 aromatic carbocycles. The van der Waals surface area contributed by atoms with E-state index < -0.39 is 11.6 Å². The molecule has 1 aromatic rings. The number of carboxylic acid groups (broad SMARTS) is 1. The molecular formula is C14H15N5O2S. The molecule has 2 N–H and O–H groups in total. The Labute approximate surface area is 131 Å². The molecule has 1 amide bonds. The highest BCUT2D eigenvalue weighted by molar-refractivity contribution is 8.13. The Morgan fingerprint density at radius 1 is 1.59 bits per heavy atom. The summed E-state index contributed by atoms with van der Waals surface area (Å²) in [6.45, 7) is 0. The van der Waals surface area contributed by atoms with Crippen molar-refractivity contribution in [3.8, 4) is 0 Å². The van der Waals surface area contributed by atoms with Crippen molar-refractivity contribution in [2.75, 3.05) is 5.75 Å². The maximum atomic E-state index is 10.8. The highest BCUT2D eigenvalue weighted by atomic mass is 32.2. The van der Waals surface area contributed by atoms with Gasteiger partial charge in [-0.25, -0.2) is 0 Å². The summed E-state index contributed by atoms with van der Waals surface area (Å²) < 4.78 is 0. The lowest BCUT2D eigenvalue weighted by atomic mass is 9.81. The van der Waals surface area contributed by atoms with E-state index in [2.05, 4.69) is 15.3 Å². The molecule has 22 heavy (non-hydrogen) atoms. The lowest BCUT2D eigenvalue weighted by Crippen LogP contribution is -2.44. The standard InChI is InChI=1S/C14H15N5O2S/c15-19-18-11-5-1-3-9(7-11)14-6-2-4-10(14)8-22-12(17-14)16-13(20)21/h1,3,5,7,10,15H,2,4,6,8H2,(H-,16,17,20,21)/t10?,14-/m1/s1. The predicted octanol–water partition coefficient (Wildman–Crippen LogP) is 1.90. The number of amidine groups is 1. The summed E-state index contributed by atoms with van der Waals surface area (Å²) in [5.74, 6) is 1.19. The summed E-state index contributed by atoms with van der Waals surface area (Å²) in [5, 5.41) is 17.2. The minimum atomic E-state index is -1.34. The Bertz CT molecular complexity index is 686. The molecule has 0 spiro atoms. The molecule has 7 nitrogen and oxygen atoms in total. The lowest BCUT2D eigenvalue weighted by Gasteiger charge is -2.36. The Kier molecular flexibility index (Phi) is 3.96. The van der Waals surface area contributed by atoms with Gasteiger partial charge >= 0.3 is 0 Å². The summed E-state index contributed by atoms with van der Waals surface area (Å²) in [6.07, 6.45) is 1.66. The molecular weight excluding hydrogens is 302 g/mol. The number of aliphatic imine (C=N–C) groups is 1. The zero-order valence-electron chi connectivity index (χ0n) is 11.8. The summed E-state index contributed by atoms with van der Waals surface area (Å²) in [5.41, 5.74) is 8.04. The molecule has 0 aromatic heterocycles. The van der Waals surface area contributed by atoms with Crippen molar-refractivity contribution in [1.29, 1.82) is 5.53 Å². The number of nitrogens with one attached hydrogen (secondary N) is 2. The number of amides is 1. The second-order valence-electron chi connectivity index (χ2n) is 5.40. The van der Waals surface area contributed by atoms with Gasteiger partial charge in [-0.2, -0.15) is 0 Å². The van der Waals surface area contributed by atoms with Gasteiger partial charge in [0.25, 0.3) is 0 Å². The van der Waals surface area contributed by atoms with Gasteiger partial charge in [-0.15, -0.1) is 0 Å². The van der Waals surface area contributed by atoms with Crippen molar-refractivity contribution < 1.29 is 9.90 Å². The molecule has 3 rings (SSSR count). The Hall–Kier alpha value is -2.18. The summed E-state index contributed by atoms with van der Waals surface area (Å²) >= 11 is 1.42. The fraction of sp³-hybridized carbons (Fsp3) is 0.429. The van der Waals surface area contributed by atoms with Gasteiger partial charge in [-0.05, 0) is 36.5 Å². The van der Waals surface area contributed by atoms with E-state index in [9.17, 15) is 9.90 Å². The average molecular weight is 317 g/mol. The van der Waals surface area contributed by atoms with E-state index in [1.807, 2.05) is 18.2 Å². The van der Waals surface area contributed by atoms with Crippen LogP contribution in [-0.2, 0) is 5.54 Å². The fourth-order valence-corrected chi connectivity index (χ4v) is 4.50. The average Bonchev–Trinajstić information content (AvgIpc) is 2.91. The van der Waals surface area contributed by atoms with Crippen molar-refractivity contribution >= 4 is 28.7 Å². The van der Waals surface area contributed by atoms with Gasteiger partial charge in [0.1, 0.15) is 11.6 Å². The number of fused-ring (bicyclic) bond motifs is 1. The number of nitrogens with zero attached hydrogens (tertiary/aromatic N) is 3. The van der Waals surface area contributed by atoms with E-state index in [0.717, 1.165) is 30.6 Å². The maximum Gasteiger partial charge on any atom is 0.220 e. The van der Waals surface area contributed by atoms with Crippen LogP contribution in [0.3, 0.4) is 0 Å². The third kappa shape index (κ3) is 2.63. The molecule has 1 aliphatic heterocycles. The highest BCUT2D eigenvalue weighted by Crippen LogP contribution is 2.51. The van der Waals surface area contributed by atoms with Gasteiger partial charge in [0.2, 0.25) is 4.91 Å². The zero-order chi connectivity index (χ0) is 15.6. The van der Waals surface area contributed by atoms with Crippen LogP contribution in [0.5, 0.6) is 0 Å². The number of benzene rings is 1. The maximum absolute atomic E-state index is 10.8. The second kappa shape index (κ2) is 5.90. The SMILES string of the molecule is N=[N+]=Nc1cccc([C@]23CCCC2CSC(NC(=O)[O-])=N3)c1. The molecule has 2 aliphatic rings. The number of carbonyl (C=O) groups excluding carboxylic acids is 1. The van der Waals surface area contributed by atoms with E-state index in [4.69, 9.17) is 10.5 Å². The van der Waals surface area contributed by atoms with Crippen LogP contribution in [0.4, 0.5) is 10.5 Å². The fourth-order valence-electron chi connectivity index (χ4n) is 3.31. The lowest BCUT2D eigenvalue weighted by molar-refractivity contribution is -0.248. The molecule has 1 saturated carbocycles. The van der Waals surface area contributed by atoms with Crippen molar-refractivity contribution in [3.63, 3.8) is 0 Å². The predicted molar refractivity (Wildman–Crippen MR) is 80.8 cm³/mol. The largest absolute Gasteiger partial charge is 0.530 e. The first kappa shape index (κ1) is 14.7. The first-order valence-corrected chi connectivity index (χ1v) is 8.01. The molecule has 8 heteroatoms. The van der Waals surface area contributed by atoms with Gasteiger partial charge < -0.3 is 15.2 Å². The van der Waals surface area contributed by atoms with Crippen LogP contribution < -0.4 is 15.3 Å². The monoisotopic (exact) mass is 317 g/mol. The van der Waals surface area contributed by atoms with Crippen LogP contribution in [0, 0.1) is 11.4 Å². The number of hydrogen-bond donors (Lipinski definition) is 2. The molecule has 1 aliphatic carbocycles. The Morgan fingerprint density at radius 3 is 3.23 bits per heavy atom. The van der Waals surface area contributed by atoms with E-state index >= 15 is 0 Å². The topological polar surface area (TPSA) is 115 Å². The summed E-state index contributed by atoms with van der Waals surface area (Å²) in [4.78, 5) is 18.6. The Balaban J connectivity index is 2.05. The molecule has 0 bridgehead atoms. The smallest absolute Gasteiger partial charge is 0.220 e. The molecule has 0 saturated heterocycles. The van der Waals surface area contributed by atoms with Gasteiger partial charge in [0.15, 0.2) is 16.0 Å². The quantitative estimate of drug-likeness (QED) is 0.641. The van der Waals surface area contributed by atoms with E-state index in [0.29, 0.717) is 16.8 Å². The van der Waals surface area contributed by atoms with E-state index in [-0.39, 0.29) is 0 Å². The van der Waals surface area contributed by atoms with Crippen molar-refractivity contribution in [1.82, 2.24) is 10.2 Å². The molecule has 1 unspecified atom stereocenters. The van der Waals surface area contributed by atoms with Gasteiger partial charge in [0, 0.05) is 5.75 Å². The number of thioether (sulfide) groups is 1. The van der Waals surface area contributed by atoms with Gasteiger partial charge in [-0.1, -0.05) is 30.3 Å². The Morgan fingerprint density at radius 2 is 2.45 bits per heavy atom. The summed E-state index contributed by atoms with van der Waals surface area (Å²) in [7, 11) is 0. The van der Waals surface area contributed by atoms with Crippen LogP contribution in [0.15, 0.2) is 34.4 Å². The van der Waals surface area contributed by atoms with E-state index in [1.54, 1.807) is 6.07 Å². The number of hydrogen-bond acceptors (Lipinski definition) is 6. The normalized spacial score (nSPS) is 26.5. The van der Waals surface area contributed by atoms with Crippen LogP contribution >= 0.6 is 11.8 Å². The molecule has 1 heterocycles. The highest BCUT2D eigenvalue weighted by Gasteiger charge is 2.47. The van der Waals surface area contributed by atoms with Crippen LogP contribution in [-0.4, -0.2) is 17.0 Å². The molecule has 2 atom stereocenters. The second-order valence-corrected chi connectivity index (χ2v) is 6.41. The summed E-state index contributed by atoms with van der Waals surface area (Å²) in [6, 6.07) is 7.51. The van der Waals surface area contributed by atoms with Crippen molar-refractivity contribution in [2.45, 2.75) is 24.8 Å². The van der Waals surface area contributed by atoms with Crippen LogP contribution in [0.1, 0.15) is 24.8 Å². The van der Waals surface area contributed by atoms with Crippen LogP contribution in [0.2, 0.25) is 0 Å². The molecule has 1 fully saturated rings. The third-order valence-corrected chi connectivity index (χ3v) is 5.26. The molecule has 0 radical (unpaired) electrons. The molecule has 114 valence electrons. The first-order valence-electron chi connectivity index (χ1n) is 7.03. The third-order valence-electron chi connectivity index (χ3n) is 4.23. The van der Waals surface area contributed by atoms with Gasteiger partial charge in [-0.3, -0.25) is 4.99 Å². The minimum absolute atomic E-state index is 0.369.